The van der Waals surface area contributed by atoms with Crippen molar-refractivity contribution in [2.24, 2.45) is 10.9 Å². The molecule has 0 radical (unpaired) electrons. The van der Waals surface area contributed by atoms with Crippen LogP contribution in [0.4, 0.5) is 0 Å². The van der Waals surface area contributed by atoms with Gasteiger partial charge in [0.1, 0.15) is 12.3 Å². The van der Waals surface area contributed by atoms with Crippen molar-refractivity contribution in [2.45, 2.75) is 18.9 Å². The van der Waals surface area contributed by atoms with E-state index in [4.69, 9.17) is 15.0 Å². The van der Waals surface area contributed by atoms with E-state index < -0.39 is 12.0 Å². The van der Waals surface area contributed by atoms with Gasteiger partial charge in [0.05, 0.1) is 11.8 Å². The van der Waals surface area contributed by atoms with Crippen molar-refractivity contribution in [3.63, 3.8) is 0 Å². The molecular weight excluding hydrogens is 310 g/mol. The number of oxime groups is 1. The maximum atomic E-state index is 12.4. The Kier molecular flexibility index (Phi) is 4.60. The molecule has 124 valence electrons. The first-order chi connectivity index (χ1) is 11.7. The molecule has 0 spiro atoms. The van der Waals surface area contributed by atoms with Crippen LogP contribution in [0, 0.1) is 0 Å². The second-order valence-electron chi connectivity index (χ2n) is 5.42. The molecule has 7 heteroatoms. The Bertz CT molecular complexity index is 740. The number of nitrogens with two attached hydrogens (primary N) is 1. The van der Waals surface area contributed by atoms with Gasteiger partial charge in [0, 0.05) is 12.1 Å². The first-order valence-electron chi connectivity index (χ1n) is 7.59. The smallest absolute Gasteiger partial charge is 0.357 e. The molecule has 2 aromatic rings. The molecule has 1 amide bonds. The second kappa shape index (κ2) is 6.99. The summed E-state index contributed by atoms with van der Waals surface area (Å²) in [4.78, 5) is 31.1. The topological polar surface area (TPSA) is 98.1 Å². The van der Waals surface area contributed by atoms with Crippen LogP contribution in [0.15, 0.2) is 58.5 Å². The molecule has 1 fully saturated rings. The van der Waals surface area contributed by atoms with E-state index in [9.17, 15) is 9.59 Å². The highest BCUT2D eigenvalue weighted by molar-refractivity contribution is 5.98. The average Bonchev–Trinajstić information content (AvgIpc) is 3.31. The average molecular weight is 327 g/mol. The van der Waals surface area contributed by atoms with E-state index in [1.165, 1.54) is 17.4 Å². The van der Waals surface area contributed by atoms with E-state index in [1.807, 2.05) is 18.2 Å². The number of furan rings is 1. The maximum Gasteiger partial charge on any atom is 0.357 e. The minimum atomic E-state index is -0.667. The zero-order chi connectivity index (χ0) is 16.9. The molecule has 1 aliphatic rings. The number of carbonyl (C=O) groups excluding carboxylic acids is 2. The first kappa shape index (κ1) is 15.8. The summed E-state index contributed by atoms with van der Waals surface area (Å²) in [6, 6.07) is 9.88. The normalized spacial score (nSPS) is 17.8. The highest BCUT2D eigenvalue weighted by atomic mass is 16.7. The maximum absolute atomic E-state index is 12.4. The van der Waals surface area contributed by atoms with Gasteiger partial charge in [-0.3, -0.25) is 4.79 Å². The van der Waals surface area contributed by atoms with Crippen LogP contribution in [0.2, 0.25) is 0 Å². The predicted octanol–water partition coefficient (Wildman–Crippen LogP) is 1.75. The van der Waals surface area contributed by atoms with Crippen molar-refractivity contribution in [3.05, 3.63) is 60.1 Å². The van der Waals surface area contributed by atoms with Crippen LogP contribution >= 0.6 is 0 Å². The molecule has 2 heterocycles. The lowest BCUT2D eigenvalue weighted by atomic mass is 10.2. The Balaban J connectivity index is 1.67. The summed E-state index contributed by atoms with van der Waals surface area (Å²) in [6.07, 6.45) is 4.03. The number of hydrogen-bond acceptors (Lipinski definition) is 5. The molecular formula is C17H17N3O4. The molecule has 0 bridgehead atoms. The number of amides is 1. The van der Waals surface area contributed by atoms with E-state index in [1.54, 1.807) is 18.2 Å². The van der Waals surface area contributed by atoms with Gasteiger partial charge < -0.3 is 19.9 Å². The number of hydrogen-bond donors (Lipinski definition) is 1. The molecule has 24 heavy (non-hydrogen) atoms. The summed E-state index contributed by atoms with van der Waals surface area (Å²) < 4.78 is 4.92. The van der Waals surface area contributed by atoms with E-state index in [0.29, 0.717) is 24.1 Å². The first-order valence-corrected chi connectivity index (χ1v) is 7.59. The van der Waals surface area contributed by atoms with Crippen molar-refractivity contribution < 1.29 is 18.8 Å². The Labute approximate surface area is 138 Å². The lowest BCUT2D eigenvalue weighted by Gasteiger charge is -2.21. The zero-order valence-corrected chi connectivity index (χ0v) is 12.9. The van der Waals surface area contributed by atoms with Crippen LogP contribution in [0.25, 0.3) is 0 Å². The summed E-state index contributed by atoms with van der Waals surface area (Å²) >= 11 is 0. The van der Waals surface area contributed by atoms with Crippen LogP contribution in [-0.4, -0.2) is 35.2 Å². The van der Waals surface area contributed by atoms with Crippen LogP contribution in [0.3, 0.4) is 0 Å². The molecule has 1 aromatic heterocycles. The summed E-state index contributed by atoms with van der Waals surface area (Å²) in [5.41, 5.74) is 6.85. The highest BCUT2D eigenvalue weighted by Gasteiger charge is 2.36. The third kappa shape index (κ3) is 3.29. The van der Waals surface area contributed by atoms with Gasteiger partial charge in [0.2, 0.25) is 0 Å². The molecule has 0 saturated carbocycles. The summed E-state index contributed by atoms with van der Waals surface area (Å²) in [5, 5.41) is 3.68. The molecule has 1 aliphatic heterocycles. The molecule has 7 nitrogen and oxygen atoms in total. The molecule has 1 aromatic carbocycles. The highest BCUT2D eigenvalue weighted by Crippen LogP contribution is 2.21. The van der Waals surface area contributed by atoms with E-state index in [2.05, 4.69) is 5.16 Å². The number of nitrogens with zero attached hydrogens (tertiary/aromatic N) is 2. The lowest BCUT2D eigenvalue weighted by molar-refractivity contribution is -0.148. The molecule has 1 unspecified atom stereocenters. The van der Waals surface area contributed by atoms with Crippen molar-refractivity contribution in [3.8, 4) is 0 Å². The van der Waals surface area contributed by atoms with Gasteiger partial charge in [0.15, 0.2) is 5.84 Å². The minimum Gasteiger partial charge on any atom is -0.472 e. The van der Waals surface area contributed by atoms with Gasteiger partial charge in [-0.1, -0.05) is 35.5 Å². The summed E-state index contributed by atoms with van der Waals surface area (Å²) in [5.74, 6) is -0.749. The van der Waals surface area contributed by atoms with Crippen LogP contribution < -0.4 is 5.73 Å². The predicted molar refractivity (Wildman–Crippen MR) is 86.0 cm³/mol. The van der Waals surface area contributed by atoms with Crippen LogP contribution in [0.5, 0.6) is 0 Å². The third-order valence-electron chi connectivity index (χ3n) is 3.86. The van der Waals surface area contributed by atoms with E-state index in [-0.39, 0.29) is 11.7 Å². The summed E-state index contributed by atoms with van der Waals surface area (Å²) in [6.45, 7) is 0.488. The number of amidine groups is 1. The van der Waals surface area contributed by atoms with Gasteiger partial charge in [-0.2, -0.15) is 0 Å². The Morgan fingerprint density at radius 2 is 2.00 bits per heavy atom. The summed E-state index contributed by atoms with van der Waals surface area (Å²) in [7, 11) is 0. The quantitative estimate of drug-likeness (QED) is 0.399. The van der Waals surface area contributed by atoms with Crippen molar-refractivity contribution in [1.82, 2.24) is 4.90 Å². The Morgan fingerprint density at radius 3 is 2.71 bits per heavy atom. The lowest BCUT2D eigenvalue weighted by Crippen LogP contribution is -2.41. The van der Waals surface area contributed by atoms with Crippen LogP contribution in [0.1, 0.15) is 28.8 Å². The van der Waals surface area contributed by atoms with Gasteiger partial charge >= 0.3 is 5.97 Å². The number of carbonyl (C=O) groups is 2. The largest absolute Gasteiger partial charge is 0.472 e. The van der Waals surface area contributed by atoms with Gasteiger partial charge in [-0.15, -0.1) is 0 Å². The van der Waals surface area contributed by atoms with Gasteiger partial charge in [-0.25, -0.2) is 4.79 Å². The SMILES string of the molecule is NC(=NOC(=O)C1CCCN1C(=O)c1ccoc1)c1ccccc1. The molecule has 1 atom stereocenters. The van der Waals surface area contributed by atoms with Gasteiger partial charge in [0.25, 0.3) is 5.91 Å². The fourth-order valence-corrected chi connectivity index (χ4v) is 2.62. The van der Waals surface area contributed by atoms with E-state index >= 15 is 0 Å². The van der Waals surface area contributed by atoms with Gasteiger partial charge in [-0.05, 0) is 18.9 Å². The fourth-order valence-electron chi connectivity index (χ4n) is 2.62. The van der Waals surface area contributed by atoms with Crippen molar-refractivity contribution in [1.29, 1.82) is 0 Å². The van der Waals surface area contributed by atoms with Crippen molar-refractivity contribution in [2.75, 3.05) is 6.54 Å². The molecule has 3 rings (SSSR count). The molecule has 0 aliphatic carbocycles. The van der Waals surface area contributed by atoms with Crippen LogP contribution in [-0.2, 0) is 9.63 Å². The zero-order valence-electron chi connectivity index (χ0n) is 12.9. The monoisotopic (exact) mass is 327 g/mol. The minimum absolute atomic E-state index is 0.106. The number of rotatable bonds is 4. The number of benzene rings is 1. The third-order valence-corrected chi connectivity index (χ3v) is 3.86. The standard InChI is InChI=1S/C17H17N3O4/c18-15(12-5-2-1-3-6-12)19-24-17(22)14-7-4-9-20(14)16(21)13-8-10-23-11-13/h1-3,5-6,8,10-11,14H,4,7,9H2,(H2,18,19). The Hall–Kier alpha value is -3.09. The second-order valence-corrected chi connectivity index (χ2v) is 5.42. The molecule has 1 saturated heterocycles. The number of likely N-dealkylation sites (tertiary alicyclic amines) is 1. The van der Waals surface area contributed by atoms with Crippen molar-refractivity contribution >= 4 is 17.7 Å². The fraction of sp³-hybridized carbons (Fsp3) is 0.235. The van der Waals surface area contributed by atoms with E-state index in [0.717, 1.165) is 6.42 Å². The molecule has 2 N–H and O–H groups in total. The Morgan fingerprint density at radius 1 is 1.21 bits per heavy atom.